The number of aliphatic carboxylic acids is 2. The van der Waals surface area contributed by atoms with Crippen LogP contribution in [-0.2, 0) is 16.0 Å². The van der Waals surface area contributed by atoms with Gasteiger partial charge in [0, 0.05) is 0 Å². The molecule has 7 heteroatoms. The molecule has 0 bridgehead atoms. The molecule has 0 aliphatic rings. The fraction of sp³-hybridized carbons (Fsp3) is 0.200. The normalized spacial score (nSPS) is 9.06. The number of hydrogen-bond acceptors (Lipinski definition) is 2. The predicted molar refractivity (Wildman–Crippen MR) is 51.1 cm³/mol. The van der Waals surface area contributed by atoms with Gasteiger partial charge in [0.05, 0.1) is 0 Å². The third-order valence-electron chi connectivity index (χ3n) is 1.93. The first-order valence-corrected chi connectivity index (χ1v) is 4.20. The summed E-state index contributed by atoms with van der Waals surface area (Å²) in [5, 5.41) is 17.2. The molecule has 0 aliphatic heterocycles. The monoisotopic (exact) mass is 260 g/mol. The molecular weight excluding hydrogens is 249 g/mol. The van der Waals surface area contributed by atoms with Crippen LogP contribution in [0.4, 0.5) is 4.39 Å². The molecule has 2 N–H and O–H groups in total. The van der Waals surface area contributed by atoms with Crippen molar-refractivity contribution in [1.82, 2.24) is 0 Å². The minimum Gasteiger partial charge on any atom is -1.00 e. The van der Waals surface area contributed by atoms with E-state index < -0.39 is 23.7 Å². The summed E-state index contributed by atoms with van der Waals surface area (Å²) in [5.41, 5.74) is 0.352. The summed E-state index contributed by atoms with van der Waals surface area (Å²) in [7, 11) is 0. The summed E-state index contributed by atoms with van der Waals surface area (Å²) in [6, 6.07) is 5.23. The van der Waals surface area contributed by atoms with E-state index in [1.807, 2.05) is 0 Å². The van der Waals surface area contributed by atoms with Crippen molar-refractivity contribution in [3.63, 3.8) is 0 Å². The summed E-state index contributed by atoms with van der Waals surface area (Å²) in [4.78, 5) is 21.1. The van der Waals surface area contributed by atoms with Gasteiger partial charge in [-0.1, -0.05) is 12.1 Å². The molecule has 0 radical (unpaired) electrons. The second-order valence-corrected chi connectivity index (χ2v) is 3.06. The fourth-order valence-electron chi connectivity index (χ4n) is 1.18. The maximum atomic E-state index is 12.7. The van der Waals surface area contributed by atoms with Gasteiger partial charge in [0.25, 0.3) is 0 Å². The summed E-state index contributed by atoms with van der Waals surface area (Å²) >= 11 is 0. The van der Waals surface area contributed by atoms with E-state index in [0.717, 1.165) is 6.07 Å². The molecule has 0 saturated carbocycles. The number of carboxylic acid groups (broad SMARTS) is 2. The van der Waals surface area contributed by atoms with Crippen LogP contribution in [0.3, 0.4) is 0 Å². The first kappa shape index (κ1) is 19.4. The van der Waals surface area contributed by atoms with Crippen molar-refractivity contribution in [1.29, 1.82) is 0 Å². The van der Waals surface area contributed by atoms with Crippen molar-refractivity contribution < 1.29 is 86.2 Å². The molecule has 0 aromatic heterocycles. The molecule has 0 unspecified atom stereocenters. The first-order chi connectivity index (χ1) is 7.00. The van der Waals surface area contributed by atoms with Crippen LogP contribution in [0.5, 0.6) is 0 Å². The van der Waals surface area contributed by atoms with Crippen molar-refractivity contribution in [2.45, 2.75) is 6.42 Å². The van der Waals surface area contributed by atoms with Gasteiger partial charge in [-0.25, -0.2) is 4.39 Å². The smallest absolute Gasteiger partial charge is 1.00 e. The quantitative estimate of drug-likeness (QED) is 0.422. The standard InChI is InChI=1S/C10H9FO4.2Na.2H/c11-7-3-1-2-6(4-7)5-8(9(12)13)10(14)15;;;;/h1-4,8H,5H2,(H,12,13)(H,14,15);;;;/q;2*+1;2*-1. The molecule has 0 aliphatic carbocycles. The van der Waals surface area contributed by atoms with Crippen molar-refractivity contribution in [2.75, 3.05) is 0 Å². The minimum absolute atomic E-state index is 0. The molecule has 1 aromatic carbocycles. The van der Waals surface area contributed by atoms with Gasteiger partial charge in [-0.15, -0.1) is 0 Å². The van der Waals surface area contributed by atoms with Gasteiger partial charge < -0.3 is 13.1 Å². The molecule has 1 rings (SSSR count). The summed E-state index contributed by atoms with van der Waals surface area (Å²) in [5.74, 6) is -4.90. The molecule has 4 nitrogen and oxygen atoms in total. The number of benzene rings is 1. The van der Waals surface area contributed by atoms with Gasteiger partial charge in [-0.05, 0) is 24.1 Å². The maximum absolute atomic E-state index is 12.7. The topological polar surface area (TPSA) is 74.6 Å². The molecule has 0 spiro atoms. The molecule has 0 amide bonds. The van der Waals surface area contributed by atoms with Gasteiger partial charge in [0.2, 0.25) is 0 Å². The molecule has 17 heavy (non-hydrogen) atoms. The van der Waals surface area contributed by atoms with E-state index in [1.165, 1.54) is 18.2 Å². The SMILES string of the molecule is O=C(O)C(Cc1cccc(F)c1)C(=O)O.[H-].[H-].[Na+].[Na+]. The van der Waals surface area contributed by atoms with Gasteiger partial charge in [-0.3, -0.25) is 9.59 Å². The summed E-state index contributed by atoms with van der Waals surface area (Å²) < 4.78 is 12.7. The molecule has 84 valence electrons. The van der Waals surface area contributed by atoms with Crippen LogP contribution in [0, 0.1) is 11.7 Å². The molecular formula is C10H11FNa2O4. The zero-order valence-electron chi connectivity index (χ0n) is 11.7. The van der Waals surface area contributed by atoms with Gasteiger partial charge in [0.1, 0.15) is 5.82 Å². The van der Waals surface area contributed by atoms with Crippen molar-refractivity contribution in [2.24, 2.45) is 5.92 Å². The zero-order valence-corrected chi connectivity index (χ0v) is 13.7. The van der Waals surface area contributed by atoms with Gasteiger partial charge >= 0.3 is 71.1 Å². The Morgan fingerprint density at radius 1 is 1.24 bits per heavy atom. The minimum atomic E-state index is -1.54. The van der Waals surface area contributed by atoms with Crippen LogP contribution in [0.1, 0.15) is 8.42 Å². The average Bonchev–Trinajstić information content (AvgIpc) is 2.13. The van der Waals surface area contributed by atoms with E-state index in [9.17, 15) is 14.0 Å². The number of carbonyl (C=O) groups is 2. The van der Waals surface area contributed by atoms with E-state index in [0.29, 0.717) is 5.56 Å². The van der Waals surface area contributed by atoms with E-state index in [2.05, 4.69) is 0 Å². The summed E-state index contributed by atoms with van der Waals surface area (Å²) in [6.45, 7) is 0. The molecule has 0 heterocycles. The predicted octanol–water partition coefficient (Wildman–Crippen LogP) is -4.61. The maximum Gasteiger partial charge on any atom is 1.00 e. The number of rotatable bonds is 4. The van der Waals surface area contributed by atoms with Gasteiger partial charge in [-0.2, -0.15) is 0 Å². The average molecular weight is 260 g/mol. The van der Waals surface area contributed by atoms with Crippen LogP contribution < -0.4 is 59.1 Å². The van der Waals surface area contributed by atoms with Gasteiger partial charge in [0.15, 0.2) is 5.92 Å². The van der Waals surface area contributed by atoms with E-state index in [-0.39, 0.29) is 68.4 Å². The van der Waals surface area contributed by atoms with Crippen LogP contribution in [0.2, 0.25) is 0 Å². The van der Waals surface area contributed by atoms with E-state index in [4.69, 9.17) is 10.2 Å². The van der Waals surface area contributed by atoms with Crippen LogP contribution in [0.15, 0.2) is 24.3 Å². The first-order valence-electron chi connectivity index (χ1n) is 4.20. The van der Waals surface area contributed by atoms with Crippen LogP contribution in [0.25, 0.3) is 0 Å². The third kappa shape index (κ3) is 6.55. The van der Waals surface area contributed by atoms with Crippen LogP contribution >= 0.6 is 0 Å². The van der Waals surface area contributed by atoms with Crippen LogP contribution in [-0.4, -0.2) is 22.2 Å². The molecule has 0 saturated heterocycles. The Morgan fingerprint density at radius 2 is 1.76 bits per heavy atom. The Balaban J connectivity index is -0.000000281. The molecule has 0 fully saturated rings. The summed E-state index contributed by atoms with van der Waals surface area (Å²) in [6.07, 6.45) is -0.220. The number of carboxylic acids is 2. The molecule has 1 aromatic rings. The van der Waals surface area contributed by atoms with E-state index >= 15 is 0 Å². The Morgan fingerprint density at radius 3 is 2.18 bits per heavy atom. The Hall–Kier alpha value is 0.0900. The van der Waals surface area contributed by atoms with Crippen molar-refractivity contribution in [3.05, 3.63) is 35.6 Å². The number of hydrogen-bond donors (Lipinski definition) is 2. The fourth-order valence-corrected chi connectivity index (χ4v) is 1.18. The Kier molecular flexibility index (Phi) is 10.4. The van der Waals surface area contributed by atoms with E-state index in [1.54, 1.807) is 0 Å². The second-order valence-electron chi connectivity index (χ2n) is 3.06. The molecule has 0 atom stereocenters. The third-order valence-corrected chi connectivity index (χ3v) is 1.93. The zero-order chi connectivity index (χ0) is 11.4. The van der Waals surface area contributed by atoms with Crippen molar-refractivity contribution >= 4 is 11.9 Å². The number of halogens is 1. The van der Waals surface area contributed by atoms with Crippen molar-refractivity contribution in [3.8, 4) is 0 Å². The largest absolute Gasteiger partial charge is 1.00 e. The Labute approximate surface area is 145 Å². The second kappa shape index (κ2) is 9.08. The Bertz CT molecular complexity index is 393.